The first-order chi connectivity index (χ1) is 11.3. The second-order valence-electron chi connectivity index (χ2n) is 6.20. The molecular formula is C18H21ClN4O. The standard InChI is InChI=1S/C18H20N4O.ClH/c1-19-10-12-2-4-13(5-3-12)15-8-9-20-17-16(15)11-22(14-6-7-14)18(23)21-17;/h2-5,8-9,14,19H,6-7,10-11H2,1H3,(H,20,21,23);1H. The van der Waals surface area contributed by atoms with E-state index in [-0.39, 0.29) is 18.4 Å². The van der Waals surface area contributed by atoms with E-state index in [1.165, 1.54) is 5.56 Å². The third-order valence-corrected chi connectivity index (χ3v) is 4.50. The van der Waals surface area contributed by atoms with E-state index < -0.39 is 0 Å². The topological polar surface area (TPSA) is 57.3 Å². The van der Waals surface area contributed by atoms with E-state index in [1.54, 1.807) is 6.20 Å². The number of carbonyl (C=O) groups is 1. The zero-order valence-corrected chi connectivity index (χ0v) is 14.4. The summed E-state index contributed by atoms with van der Waals surface area (Å²) in [6.45, 7) is 1.51. The minimum absolute atomic E-state index is 0. The Morgan fingerprint density at radius 2 is 2.00 bits per heavy atom. The smallest absolute Gasteiger partial charge is 0.317 e. The summed E-state index contributed by atoms with van der Waals surface area (Å²) in [5.41, 5.74) is 4.68. The predicted octanol–water partition coefficient (Wildman–Crippen LogP) is 3.40. The summed E-state index contributed by atoms with van der Waals surface area (Å²) >= 11 is 0. The van der Waals surface area contributed by atoms with E-state index in [2.05, 4.69) is 39.9 Å². The molecule has 2 aliphatic rings. The third-order valence-electron chi connectivity index (χ3n) is 4.50. The first kappa shape index (κ1) is 16.7. The minimum Gasteiger partial charge on any atom is -0.317 e. The van der Waals surface area contributed by atoms with E-state index in [4.69, 9.17) is 0 Å². The Balaban J connectivity index is 0.00000169. The fourth-order valence-corrected chi connectivity index (χ4v) is 3.13. The number of amides is 2. The van der Waals surface area contributed by atoms with Crippen LogP contribution in [0.2, 0.25) is 0 Å². The highest BCUT2D eigenvalue weighted by atomic mass is 35.5. The lowest BCUT2D eigenvalue weighted by Crippen LogP contribution is -2.40. The fraction of sp³-hybridized carbons (Fsp3) is 0.333. The lowest BCUT2D eigenvalue weighted by atomic mass is 9.98. The van der Waals surface area contributed by atoms with Gasteiger partial charge in [0, 0.05) is 24.3 Å². The Kier molecular flexibility index (Phi) is 4.73. The van der Waals surface area contributed by atoms with Crippen molar-refractivity contribution in [1.82, 2.24) is 15.2 Å². The molecule has 2 heterocycles. The van der Waals surface area contributed by atoms with Crippen molar-refractivity contribution in [3.05, 3.63) is 47.7 Å². The fourth-order valence-electron chi connectivity index (χ4n) is 3.13. The van der Waals surface area contributed by atoms with Gasteiger partial charge >= 0.3 is 6.03 Å². The van der Waals surface area contributed by atoms with Crippen LogP contribution in [0.5, 0.6) is 0 Å². The number of hydrogen-bond acceptors (Lipinski definition) is 3. The number of hydrogen-bond donors (Lipinski definition) is 2. The van der Waals surface area contributed by atoms with Crippen molar-refractivity contribution >= 4 is 24.3 Å². The Bertz CT molecular complexity index is 743. The molecule has 2 N–H and O–H groups in total. The largest absolute Gasteiger partial charge is 0.323 e. The number of carbonyl (C=O) groups excluding carboxylic acids is 1. The molecule has 2 amide bonds. The number of nitrogens with one attached hydrogen (secondary N) is 2. The Morgan fingerprint density at radius 1 is 1.25 bits per heavy atom. The Labute approximate surface area is 147 Å². The van der Waals surface area contributed by atoms with Crippen LogP contribution in [0.1, 0.15) is 24.0 Å². The van der Waals surface area contributed by atoms with Crippen molar-refractivity contribution in [2.24, 2.45) is 0 Å². The normalized spacial score (nSPS) is 16.2. The molecule has 126 valence electrons. The Hall–Kier alpha value is -2.11. The van der Waals surface area contributed by atoms with Crippen molar-refractivity contribution in [2.75, 3.05) is 12.4 Å². The zero-order valence-electron chi connectivity index (χ0n) is 13.6. The maximum atomic E-state index is 12.2. The molecule has 0 saturated heterocycles. The summed E-state index contributed by atoms with van der Waals surface area (Å²) in [7, 11) is 1.95. The summed E-state index contributed by atoms with van der Waals surface area (Å²) in [4.78, 5) is 18.5. The van der Waals surface area contributed by atoms with Crippen molar-refractivity contribution < 1.29 is 4.79 Å². The van der Waals surface area contributed by atoms with Gasteiger partial charge in [-0.2, -0.15) is 0 Å². The molecule has 4 rings (SSSR count). The average Bonchev–Trinajstić information content (AvgIpc) is 3.39. The SMILES string of the molecule is CNCc1ccc(-c2ccnc3c2CN(C2CC2)C(=O)N3)cc1.Cl. The monoisotopic (exact) mass is 344 g/mol. The molecule has 24 heavy (non-hydrogen) atoms. The number of urea groups is 1. The van der Waals surface area contributed by atoms with Crippen LogP contribution in [0.25, 0.3) is 11.1 Å². The first-order valence-electron chi connectivity index (χ1n) is 8.05. The number of halogens is 1. The summed E-state index contributed by atoms with van der Waals surface area (Å²) in [6.07, 6.45) is 3.98. The van der Waals surface area contributed by atoms with Crippen molar-refractivity contribution in [3.8, 4) is 11.1 Å². The number of rotatable bonds is 4. The van der Waals surface area contributed by atoms with Crippen molar-refractivity contribution in [1.29, 1.82) is 0 Å². The summed E-state index contributed by atoms with van der Waals surface area (Å²) < 4.78 is 0. The molecule has 5 nitrogen and oxygen atoms in total. The van der Waals surface area contributed by atoms with Crippen LogP contribution in [0.4, 0.5) is 10.6 Å². The number of pyridine rings is 1. The molecule has 2 aromatic rings. The van der Waals surface area contributed by atoms with Gasteiger partial charge in [0.2, 0.25) is 0 Å². The molecule has 1 aliphatic carbocycles. The average molecular weight is 345 g/mol. The second kappa shape index (κ2) is 6.79. The number of aromatic nitrogens is 1. The highest BCUT2D eigenvalue weighted by molar-refractivity contribution is 5.93. The first-order valence-corrected chi connectivity index (χ1v) is 8.05. The number of benzene rings is 1. The zero-order chi connectivity index (χ0) is 15.8. The van der Waals surface area contributed by atoms with Gasteiger partial charge < -0.3 is 10.2 Å². The molecular weight excluding hydrogens is 324 g/mol. The molecule has 1 saturated carbocycles. The van der Waals surface area contributed by atoms with Gasteiger partial charge in [-0.15, -0.1) is 12.4 Å². The van der Waals surface area contributed by atoms with Crippen LogP contribution in [-0.4, -0.2) is 29.0 Å². The predicted molar refractivity (Wildman–Crippen MR) is 97.3 cm³/mol. The van der Waals surface area contributed by atoms with E-state index in [0.29, 0.717) is 18.4 Å². The molecule has 1 aliphatic heterocycles. The van der Waals surface area contributed by atoms with E-state index in [0.717, 1.165) is 36.1 Å². The summed E-state index contributed by atoms with van der Waals surface area (Å²) in [5, 5.41) is 6.10. The summed E-state index contributed by atoms with van der Waals surface area (Å²) in [6, 6.07) is 11.0. The van der Waals surface area contributed by atoms with Gasteiger partial charge in [0.05, 0.1) is 6.54 Å². The van der Waals surface area contributed by atoms with E-state index in [1.807, 2.05) is 18.0 Å². The van der Waals surface area contributed by atoms with Gasteiger partial charge in [0.1, 0.15) is 5.82 Å². The highest BCUT2D eigenvalue weighted by Gasteiger charge is 2.36. The molecule has 1 aromatic carbocycles. The Morgan fingerprint density at radius 3 is 2.67 bits per heavy atom. The number of fused-ring (bicyclic) bond motifs is 1. The lowest BCUT2D eigenvalue weighted by molar-refractivity contribution is 0.203. The molecule has 1 aromatic heterocycles. The maximum absolute atomic E-state index is 12.2. The van der Waals surface area contributed by atoms with Crippen molar-refractivity contribution in [3.63, 3.8) is 0 Å². The van der Waals surface area contributed by atoms with Crippen LogP contribution < -0.4 is 10.6 Å². The molecule has 0 spiro atoms. The van der Waals surface area contributed by atoms with Gasteiger partial charge in [-0.1, -0.05) is 24.3 Å². The molecule has 0 radical (unpaired) electrons. The van der Waals surface area contributed by atoms with E-state index in [9.17, 15) is 4.79 Å². The number of nitrogens with zero attached hydrogens (tertiary/aromatic N) is 2. The van der Waals surface area contributed by atoms with Crippen LogP contribution in [0, 0.1) is 0 Å². The summed E-state index contributed by atoms with van der Waals surface area (Å²) in [5.74, 6) is 0.698. The van der Waals surface area contributed by atoms with Crippen LogP contribution in [0.15, 0.2) is 36.5 Å². The van der Waals surface area contributed by atoms with Gasteiger partial charge in [-0.3, -0.25) is 5.32 Å². The molecule has 0 atom stereocenters. The van der Waals surface area contributed by atoms with Gasteiger partial charge in [-0.05, 0) is 42.6 Å². The van der Waals surface area contributed by atoms with Gasteiger partial charge in [-0.25, -0.2) is 9.78 Å². The highest BCUT2D eigenvalue weighted by Crippen LogP contribution is 2.36. The van der Waals surface area contributed by atoms with Gasteiger partial charge in [0.25, 0.3) is 0 Å². The quantitative estimate of drug-likeness (QED) is 0.893. The number of anilines is 1. The molecule has 1 fully saturated rings. The van der Waals surface area contributed by atoms with Crippen LogP contribution in [0.3, 0.4) is 0 Å². The van der Waals surface area contributed by atoms with Crippen LogP contribution >= 0.6 is 12.4 Å². The van der Waals surface area contributed by atoms with Gasteiger partial charge in [0.15, 0.2) is 0 Å². The third kappa shape index (κ3) is 3.09. The molecule has 0 bridgehead atoms. The van der Waals surface area contributed by atoms with Crippen LogP contribution in [-0.2, 0) is 13.1 Å². The molecule has 0 unspecified atom stereocenters. The van der Waals surface area contributed by atoms with E-state index >= 15 is 0 Å². The lowest BCUT2D eigenvalue weighted by Gasteiger charge is -2.30. The van der Waals surface area contributed by atoms with Crippen molar-refractivity contribution in [2.45, 2.75) is 32.0 Å². The molecule has 6 heteroatoms. The minimum atomic E-state index is -0.0194. The maximum Gasteiger partial charge on any atom is 0.323 e. The second-order valence-corrected chi connectivity index (χ2v) is 6.20.